The van der Waals surface area contributed by atoms with Crippen molar-refractivity contribution in [3.8, 4) is 0 Å². The maximum Gasteiger partial charge on any atom is 0.410 e. The van der Waals surface area contributed by atoms with Gasteiger partial charge in [-0.3, -0.25) is 0 Å². The molecular formula is C16H21BrN2O3. The van der Waals surface area contributed by atoms with Crippen molar-refractivity contribution in [3.05, 3.63) is 28.5 Å². The number of rotatable bonds is 1. The van der Waals surface area contributed by atoms with E-state index in [0.717, 1.165) is 12.0 Å². The molecule has 1 saturated carbocycles. The van der Waals surface area contributed by atoms with Gasteiger partial charge in [0.05, 0.1) is 5.60 Å². The fourth-order valence-electron chi connectivity index (χ4n) is 3.57. The summed E-state index contributed by atoms with van der Waals surface area (Å²) in [7, 11) is 0. The number of aromatic nitrogens is 1. The predicted octanol–water partition coefficient (Wildman–Crippen LogP) is 3.06. The number of pyridine rings is 1. The molecule has 1 saturated heterocycles. The summed E-state index contributed by atoms with van der Waals surface area (Å²) in [6, 6.07) is 3.75. The van der Waals surface area contributed by atoms with Gasteiger partial charge in [0, 0.05) is 36.7 Å². The Morgan fingerprint density at radius 2 is 2.27 bits per heavy atom. The molecule has 3 rings (SSSR count). The summed E-state index contributed by atoms with van der Waals surface area (Å²) in [4.78, 5) is 18.2. The van der Waals surface area contributed by atoms with Gasteiger partial charge in [0.2, 0.25) is 0 Å². The monoisotopic (exact) mass is 368 g/mol. The van der Waals surface area contributed by atoms with Crippen LogP contribution in [0.2, 0.25) is 0 Å². The number of carbonyl (C=O) groups excluding carboxylic acids is 1. The molecule has 6 heteroatoms. The van der Waals surface area contributed by atoms with Gasteiger partial charge >= 0.3 is 6.09 Å². The Bertz CT molecular complexity index is 601. The lowest BCUT2D eigenvalue weighted by Crippen LogP contribution is -2.48. The average Bonchev–Trinajstić information content (AvgIpc) is 2.94. The number of likely N-dealkylation sites (tertiary alicyclic amines) is 1. The molecule has 1 N–H and O–H groups in total. The normalized spacial score (nSPS) is 30.7. The number of ether oxygens (including phenoxy) is 1. The fraction of sp³-hybridized carbons (Fsp3) is 0.625. The lowest BCUT2D eigenvalue weighted by atomic mass is 9.83. The van der Waals surface area contributed by atoms with Crippen LogP contribution in [-0.2, 0) is 10.3 Å². The number of amides is 1. The highest BCUT2D eigenvalue weighted by Crippen LogP contribution is 2.51. The second-order valence-corrected chi connectivity index (χ2v) is 7.94. The van der Waals surface area contributed by atoms with Crippen LogP contribution in [0.3, 0.4) is 0 Å². The van der Waals surface area contributed by atoms with E-state index in [1.54, 1.807) is 11.1 Å². The molecule has 120 valence electrons. The number of piperidine rings is 1. The Kier molecular flexibility index (Phi) is 3.72. The maximum atomic E-state index is 12.3. The van der Waals surface area contributed by atoms with Crippen molar-refractivity contribution in [1.82, 2.24) is 9.88 Å². The zero-order valence-corrected chi connectivity index (χ0v) is 14.6. The molecular weight excluding hydrogens is 348 g/mol. The summed E-state index contributed by atoms with van der Waals surface area (Å²) in [5, 5.41) is 11.1. The number of hydrogen-bond donors (Lipinski definition) is 1. The first kappa shape index (κ1) is 15.7. The molecule has 1 aromatic heterocycles. The highest BCUT2D eigenvalue weighted by molar-refractivity contribution is 9.10. The van der Waals surface area contributed by atoms with Gasteiger partial charge in [-0.05, 0) is 49.2 Å². The Balaban J connectivity index is 1.77. The van der Waals surface area contributed by atoms with Crippen LogP contribution in [0.25, 0.3) is 0 Å². The smallest absolute Gasteiger partial charge is 0.410 e. The van der Waals surface area contributed by atoms with Crippen LogP contribution in [0.15, 0.2) is 22.9 Å². The predicted molar refractivity (Wildman–Crippen MR) is 85.3 cm³/mol. The van der Waals surface area contributed by atoms with E-state index in [9.17, 15) is 9.90 Å². The quantitative estimate of drug-likeness (QED) is 0.773. The van der Waals surface area contributed by atoms with Gasteiger partial charge in [-0.1, -0.05) is 6.07 Å². The zero-order chi connectivity index (χ0) is 16.1. The van der Waals surface area contributed by atoms with Crippen LogP contribution in [0, 0.1) is 5.92 Å². The van der Waals surface area contributed by atoms with E-state index in [0.29, 0.717) is 17.6 Å². The third-order valence-corrected chi connectivity index (χ3v) is 5.12. The molecule has 2 aliphatic rings. The Morgan fingerprint density at radius 1 is 1.55 bits per heavy atom. The standard InChI is InChI=1S/C16H21BrN2O3/c1-15(2,3)22-14(20)19-9-10-7-11(19)8-16(10,21)12-5-4-6-18-13(12)17/h4-6,10-11,21H,7-9H2,1-3H3. The minimum atomic E-state index is -0.920. The summed E-state index contributed by atoms with van der Waals surface area (Å²) in [5.41, 5.74) is -0.607. The molecule has 2 bridgehead atoms. The molecule has 5 nitrogen and oxygen atoms in total. The molecule has 0 spiro atoms. The second-order valence-electron chi connectivity index (χ2n) is 7.19. The Morgan fingerprint density at radius 3 is 2.82 bits per heavy atom. The lowest BCUT2D eigenvalue weighted by Gasteiger charge is -2.38. The molecule has 1 aliphatic heterocycles. The SMILES string of the molecule is CC(C)(C)OC(=O)N1CC2CC1CC2(O)c1cccnc1Br. The van der Waals surface area contributed by atoms with Crippen LogP contribution < -0.4 is 0 Å². The average molecular weight is 369 g/mol. The largest absolute Gasteiger partial charge is 0.444 e. The third-order valence-electron chi connectivity index (χ3n) is 4.49. The van der Waals surface area contributed by atoms with Gasteiger partial charge in [-0.2, -0.15) is 0 Å². The third kappa shape index (κ3) is 2.63. The van der Waals surface area contributed by atoms with E-state index < -0.39 is 11.2 Å². The molecule has 1 aromatic rings. The molecule has 1 aliphatic carbocycles. The van der Waals surface area contributed by atoms with Crippen LogP contribution in [-0.4, -0.2) is 39.3 Å². The van der Waals surface area contributed by atoms with E-state index in [-0.39, 0.29) is 18.1 Å². The first-order chi connectivity index (χ1) is 10.2. The lowest BCUT2D eigenvalue weighted by molar-refractivity contribution is -0.0446. The summed E-state index contributed by atoms with van der Waals surface area (Å²) in [6.45, 7) is 6.12. The van der Waals surface area contributed by atoms with Crippen molar-refractivity contribution < 1.29 is 14.6 Å². The molecule has 2 heterocycles. The molecule has 22 heavy (non-hydrogen) atoms. The zero-order valence-electron chi connectivity index (χ0n) is 13.0. The van der Waals surface area contributed by atoms with E-state index in [4.69, 9.17) is 4.74 Å². The van der Waals surface area contributed by atoms with Crippen molar-refractivity contribution in [3.63, 3.8) is 0 Å². The van der Waals surface area contributed by atoms with E-state index in [1.807, 2.05) is 32.9 Å². The van der Waals surface area contributed by atoms with Gasteiger partial charge < -0.3 is 14.7 Å². The van der Waals surface area contributed by atoms with E-state index in [1.165, 1.54) is 0 Å². The maximum absolute atomic E-state index is 12.3. The van der Waals surface area contributed by atoms with Crippen molar-refractivity contribution in [2.45, 2.75) is 50.9 Å². The number of nitrogens with zero attached hydrogens (tertiary/aromatic N) is 2. The Labute approximate surface area is 138 Å². The Hall–Kier alpha value is -1.14. The molecule has 0 radical (unpaired) electrons. The molecule has 1 amide bonds. The van der Waals surface area contributed by atoms with Crippen LogP contribution >= 0.6 is 15.9 Å². The van der Waals surface area contributed by atoms with Gasteiger partial charge in [0.25, 0.3) is 0 Å². The molecule has 2 fully saturated rings. The van der Waals surface area contributed by atoms with E-state index in [2.05, 4.69) is 20.9 Å². The van der Waals surface area contributed by atoms with Gasteiger partial charge in [-0.25, -0.2) is 9.78 Å². The minimum Gasteiger partial charge on any atom is -0.444 e. The van der Waals surface area contributed by atoms with Crippen molar-refractivity contribution >= 4 is 22.0 Å². The summed E-state index contributed by atoms with van der Waals surface area (Å²) in [5.74, 6) is 0.0190. The number of halogens is 1. The van der Waals surface area contributed by atoms with E-state index >= 15 is 0 Å². The number of aliphatic hydroxyl groups is 1. The highest BCUT2D eigenvalue weighted by atomic mass is 79.9. The van der Waals surface area contributed by atoms with Gasteiger partial charge in [0.15, 0.2) is 0 Å². The molecule has 3 unspecified atom stereocenters. The van der Waals surface area contributed by atoms with Crippen molar-refractivity contribution in [2.75, 3.05) is 6.54 Å². The van der Waals surface area contributed by atoms with Crippen LogP contribution in [0.5, 0.6) is 0 Å². The summed E-state index contributed by atoms with van der Waals surface area (Å²) < 4.78 is 6.13. The topological polar surface area (TPSA) is 62.7 Å². The van der Waals surface area contributed by atoms with Gasteiger partial charge in [-0.15, -0.1) is 0 Å². The van der Waals surface area contributed by atoms with Crippen LogP contribution in [0.1, 0.15) is 39.2 Å². The summed E-state index contributed by atoms with van der Waals surface area (Å²) in [6.07, 6.45) is 2.74. The molecule has 3 atom stereocenters. The number of carbonyl (C=O) groups is 1. The number of hydrogen-bond acceptors (Lipinski definition) is 4. The first-order valence-corrected chi connectivity index (χ1v) is 8.33. The highest BCUT2D eigenvalue weighted by Gasteiger charge is 2.56. The minimum absolute atomic E-state index is 0.0190. The fourth-order valence-corrected chi connectivity index (χ4v) is 4.16. The van der Waals surface area contributed by atoms with Crippen molar-refractivity contribution in [2.24, 2.45) is 5.92 Å². The second kappa shape index (κ2) is 5.20. The summed E-state index contributed by atoms with van der Waals surface area (Å²) >= 11 is 3.42. The van der Waals surface area contributed by atoms with Crippen molar-refractivity contribution in [1.29, 1.82) is 0 Å². The first-order valence-electron chi connectivity index (χ1n) is 7.54. The molecule has 0 aromatic carbocycles. The van der Waals surface area contributed by atoms with Crippen LogP contribution in [0.4, 0.5) is 4.79 Å². The number of fused-ring (bicyclic) bond motifs is 2. The van der Waals surface area contributed by atoms with Gasteiger partial charge in [0.1, 0.15) is 10.2 Å².